The van der Waals surface area contributed by atoms with E-state index in [1.54, 1.807) is 0 Å². The summed E-state index contributed by atoms with van der Waals surface area (Å²) in [5.41, 5.74) is 0. The zero-order valence-electron chi connectivity index (χ0n) is 18.9. The van der Waals surface area contributed by atoms with Crippen LogP contribution in [0, 0.1) is 0 Å². The normalized spacial score (nSPS) is 27.9. The Labute approximate surface area is 178 Å². The van der Waals surface area contributed by atoms with E-state index in [4.69, 9.17) is 14.5 Å². The summed E-state index contributed by atoms with van der Waals surface area (Å²) in [4.78, 5) is 10.00. The Morgan fingerprint density at radius 3 is 2.62 bits per heavy atom. The summed E-state index contributed by atoms with van der Waals surface area (Å²) < 4.78 is 12.0. The average Bonchev–Trinajstić information content (AvgIpc) is 2.77. The summed E-state index contributed by atoms with van der Waals surface area (Å²) in [5.74, 6) is 1.09. The zero-order chi connectivity index (χ0) is 20.3. The third-order valence-corrected chi connectivity index (χ3v) is 6.67. The predicted octanol–water partition coefficient (Wildman–Crippen LogP) is 3.27. The molecular weight excluding hydrogens is 364 g/mol. The highest BCUT2D eigenvalue weighted by Gasteiger charge is 2.24. The molecule has 6 nitrogen and oxygen atoms in total. The molecule has 0 saturated carbocycles. The molecule has 3 heterocycles. The molecule has 6 heteroatoms. The topological polar surface area (TPSA) is 49.3 Å². The van der Waals surface area contributed by atoms with E-state index < -0.39 is 0 Å². The number of nitrogens with one attached hydrogen (secondary N) is 1. The van der Waals surface area contributed by atoms with Crippen LogP contribution in [0.2, 0.25) is 0 Å². The van der Waals surface area contributed by atoms with Crippen molar-refractivity contribution in [2.45, 2.75) is 89.9 Å². The maximum Gasteiger partial charge on any atom is 0.193 e. The van der Waals surface area contributed by atoms with Gasteiger partial charge in [-0.3, -0.25) is 4.99 Å². The first-order valence-corrected chi connectivity index (χ1v) is 12.3. The Balaban J connectivity index is 1.35. The van der Waals surface area contributed by atoms with Gasteiger partial charge >= 0.3 is 0 Å². The second-order valence-corrected chi connectivity index (χ2v) is 8.98. The lowest BCUT2D eigenvalue weighted by Gasteiger charge is -2.35. The van der Waals surface area contributed by atoms with Crippen LogP contribution >= 0.6 is 0 Å². The van der Waals surface area contributed by atoms with Crippen molar-refractivity contribution in [3.63, 3.8) is 0 Å². The van der Waals surface area contributed by atoms with Gasteiger partial charge in [0.15, 0.2) is 5.96 Å². The molecule has 29 heavy (non-hydrogen) atoms. The van der Waals surface area contributed by atoms with Crippen molar-refractivity contribution in [1.82, 2.24) is 15.1 Å². The molecule has 2 atom stereocenters. The van der Waals surface area contributed by atoms with Crippen molar-refractivity contribution in [3.05, 3.63) is 0 Å². The van der Waals surface area contributed by atoms with Crippen molar-refractivity contribution >= 4 is 5.96 Å². The highest BCUT2D eigenvalue weighted by atomic mass is 16.5. The number of nitrogens with zero attached hydrogens (tertiary/aromatic N) is 3. The van der Waals surface area contributed by atoms with Crippen molar-refractivity contribution < 1.29 is 9.47 Å². The van der Waals surface area contributed by atoms with E-state index in [-0.39, 0.29) is 0 Å². The molecule has 3 rings (SSSR count). The number of hydrogen-bond acceptors (Lipinski definition) is 4. The molecule has 0 amide bonds. The van der Waals surface area contributed by atoms with Crippen LogP contribution in [0.3, 0.4) is 0 Å². The SMILES string of the molecule is CCNC(=NCCCN1CCCCC1C)N1CCC(OCC2CCCCO2)CC1. The summed E-state index contributed by atoms with van der Waals surface area (Å²) in [6.45, 7) is 12.6. The summed E-state index contributed by atoms with van der Waals surface area (Å²) in [6.07, 6.45) is 11.8. The lowest BCUT2D eigenvalue weighted by atomic mass is 10.0. The van der Waals surface area contributed by atoms with Crippen LogP contribution in [0.1, 0.15) is 71.6 Å². The average molecular weight is 409 g/mol. The minimum Gasteiger partial charge on any atom is -0.376 e. The molecular formula is C23H44N4O2. The molecule has 0 aliphatic carbocycles. The summed E-state index contributed by atoms with van der Waals surface area (Å²) in [6, 6.07) is 0.749. The third kappa shape index (κ3) is 7.72. The van der Waals surface area contributed by atoms with E-state index in [1.807, 2.05) is 0 Å². The summed E-state index contributed by atoms with van der Waals surface area (Å²) in [7, 11) is 0. The number of hydrogen-bond donors (Lipinski definition) is 1. The van der Waals surface area contributed by atoms with Gasteiger partial charge in [-0.25, -0.2) is 0 Å². The standard InChI is InChI=1S/C23H44N4O2/c1-3-24-23(25-13-8-15-26-14-6-4-9-20(26)2)27-16-11-21(12-17-27)29-19-22-10-5-7-18-28-22/h20-22H,3-19H2,1-2H3,(H,24,25). The van der Waals surface area contributed by atoms with Crippen LogP contribution in [-0.2, 0) is 9.47 Å². The van der Waals surface area contributed by atoms with Gasteiger partial charge in [-0.2, -0.15) is 0 Å². The van der Waals surface area contributed by atoms with Crippen LogP contribution in [0.15, 0.2) is 4.99 Å². The second-order valence-electron chi connectivity index (χ2n) is 8.98. The highest BCUT2D eigenvalue weighted by Crippen LogP contribution is 2.18. The van der Waals surface area contributed by atoms with Crippen molar-refractivity contribution in [1.29, 1.82) is 0 Å². The van der Waals surface area contributed by atoms with E-state index in [0.717, 1.165) is 77.1 Å². The number of piperidine rings is 2. The minimum absolute atomic E-state index is 0.322. The molecule has 3 fully saturated rings. The maximum absolute atomic E-state index is 6.17. The highest BCUT2D eigenvalue weighted by molar-refractivity contribution is 5.80. The molecule has 168 valence electrons. The molecule has 0 aromatic heterocycles. The number of guanidine groups is 1. The van der Waals surface area contributed by atoms with E-state index in [2.05, 4.69) is 29.0 Å². The van der Waals surface area contributed by atoms with Crippen LogP contribution < -0.4 is 5.32 Å². The first kappa shape index (κ1) is 22.8. The van der Waals surface area contributed by atoms with Gasteiger partial charge in [0.25, 0.3) is 0 Å². The van der Waals surface area contributed by atoms with Gasteiger partial charge in [0, 0.05) is 45.4 Å². The number of likely N-dealkylation sites (tertiary alicyclic amines) is 2. The number of rotatable bonds is 8. The quantitative estimate of drug-likeness (QED) is 0.379. The van der Waals surface area contributed by atoms with Gasteiger partial charge in [0.1, 0.15) is 0 Å². The molecule has 3 aliphatic rings. The van der Waals surface area contributed by atoms with Gasteiger partial charge in [0.05, 0.1) is 18.8 Å². The molecule has 3 saturated heterocycles. The molecule has 2 unspecified atom stereocenters. The number of aliphatic imine (C=N–C) groups is 1. The van der Waals surface area contributed by atoms with Crippen LogP contribution in [0.4, 0.5) is 0 Å². The fraction of sp³-hybridized carbons (Fsp3) is 0.957. The molecule has 0 bridgehead atoms. The fourth-order valence-corrected chi connectivity index (χ4v) is 4.79. The lowest BCUT2D eigenvalue weighted by Crippen LogP contribution is -2.47. The van der Waals surface area contributed by atoms with E-state index in [0.29, 0.717) is 12.2 Å². The van der Waals surface area contributed by atoms with Gasteiger partial charge in [-0.05, 0) is 71.8 Å². The summed E-state index contributed by atoms with van der Waals surface area (Å²) in [5, 5.41) is 3.50. The molecule has 0 spiro atoms. The van der Waals surface area contributed by atoms with Crippen LogP contribution in [0.25, 0.3) is 0 Å². The van der Waals surface area contributed by atoms with Gasteiger partial charge in [0.2, 0.25) is 0 Å². The first-order valence-electron chi connectivity index (χ1n) is 12.3. The monoisotopic (exact) mass is 408 g/mol. The van der Waals surface area contributed by atoms with Crippen molar-refractivity contribution in [2.24, 2.45) is 4.99 Å². The van der Waals surface area contributed by atoms with Gasteiger partial charge in [-0.15, -0.1) is 0 Å². The van der Waals surface area contributed by atoms with Crippen molar-refractivity contribution in [2.75, 3.05) is 52.5 Å². The fourth-order valence-electron chi connectivity index (χ4n) is 4.79. The number of ether oxygens (including phenoxy) is 2. The molecule has 0 radical (unpaired) electrons. The first-order chi connectivity index (χ1) is 14.3. The second kappa shape index (κ2) is 12.8. The molecule has 0 aromatic rings. The van der Waals surface area contributed by atoms with Crippen LogP contribution in [-0.4, -0.2) is 86.5 Å². The Morgan fingerprint density at radius 1 is 1.07 bits per heavy atom. The van der Waals surface area contributed by atoms with Gasteiger partial charge < -0.3 is 24.6 Å². The largest absolute Gasteiger partial charge is 0.376 e. The maximum atomic E-state index is 6.17. The zero-order valence-corrected chi connectivity index (χ0v) is 18.9. The Hall–Kier alpha value is -0.850. The Kier molecular flexibility index (Phi) is 10.0. The van der Waals surface area contributed by atoms with Crippen molar-refractivity contribution in [3.8, 4) is 0 Å². The summed E-state index contributed by atoms with van der Waals surface area (Å²) >= 11 is 0. The molecule has 3 aliphatic heterocycles. The minimum atomic E-state index is 0.322. The van der Waals surface area contributed by atoms with E-state index in [9.17, 15) is 0 Å². The lowest BCUT2D eigenvalue weighted by molar-refractivity contribution is -0.0721. The van der Waals surface area contributed by atoms with Crippen LogP contribution in [0.5, 0.6) is 0 Å². The van der Waals surface area contributed by atoms with Gasteiger partial charge in [-0.1, -0.05) is 6.42 Å². The smallest absolute Gasteiger partial charge is 0.193 e. The Morgan fingerprint density at radius 2 is 1.90 bits per heavy atom. The predicted molar refractivity (Wildman–Crippen MR) is 120 cm³/mol. The molecule has 1 N–H and O–H groups in total. The van der Waals surface area contributed by atoms with E-state index in [1.165, 1.54) is 45.2 Å². The third-order valence-electron chi connectivity index (χ3n) is 6.67. The van der Waals surface area contributed by atoms with E-state index >= 15 is 0 Å². The molecule has 0 aromatic carbocycles. The Bertz CT molecular complexity index is 473.